The third kappa shape index (κ3) is 2.98. The van der Waals surface area contributed by atoms with E-state index in [2.05, 4.69) is 4.98 Å². The van der Waals surface area contributed by atoms with E-state index in [1.165, 1.54) is 0 Å². The van der Waals surface area contributed by atoms with E-state index >= 15 is 0 Å². The molecule has 0 saturated carbocycles. The van der Waals surface area contributed by atoms with Gasteiger partial charge in [-0.25, -0.2) is 9.78 Å². The van der Waals surface area contributed by atoms with Crippen LogP contribution in [0.25, 0.3) is 0 Å². The standard InChI is InChI=1S/C13H18N4O3/c1-2-20-13(19)17-8-6-16(7-9-17)12-10(11(14)18)4-3-5-15-12/h3-5H,2,6-9H2,1H3,(H2,14,18). The largest absolute Gasteiger partial charge is 0.450 e. The number of rotatable bonds is 3. The monoisotopic (exact) mass is 278 g/mol. The predicted octanol–water partition coefficient (Wildman–Crippen LogP) is 0.459. The highest BCUT2D eigenvalue weighted by molar-refractivity contribution is 5.97. The van der Waals surface area contributed by atoms with Crippen LogP contribution >= 0.6 is 0 Å². The lowest BCUT2D eigenvalue weighted by atomic mass is 10.2. The van der Waals surface area contributed by atoms with Crippen LogP contribution in [0, 0.1) is 0 Å². The minimum Gasteiger partial charge on any atom is -0.450 e. The summed E-state index contributed by atoms with van der Waals surface area (Å²) in [5.74, 6) is 0.0735. The van der Waals surface area contributed by atoms with E-state index in [0.29, 0.717) is 44.2 Å². The Morgan fingerprint density at radius 1 is 1.35 bits per heavy atom. The van der Waals surface area contributed by atoms with E-state index in [1.807, 2.05) is 4.90 Å². The van der Waals surface area contributed by atoms with Crippen LogP contribution in [-0.4, -0.2) is 54.7 Å². The third-order valence-electron chi connectivity index (χ3n) is 3.16. The summed E-state index contributed by atoms with van der Waals surface area (Å²) in [4.78, 5) is 30.8. The van der Waals surface area contributed by atoms with Gasteiger partial charge in [0.15, 0.2) is 0 Å². The molecule has 2 amide bonds. The first-order valence-electron chi connectivity index (χ1n) is 6.55. The molecule has 0 radical (unpaired) electrons. The fourth-order valence-corrected chi connectivity index (χ4v) is 2.16. The minimum atomic E-state index is -0.499. The number of carbonyl (C=O) groups is 2. The number of primary amides is 1. The van der Waals surface area contributed by atoms with Crippen LogP contribution in [-0.2, 0) is 4.74 Å². The van der Waals surface area contributed by atoms with Gasteiger partial charge in [-0.15, -0.1) is 0 Å². The normalized spacial score (nSPS) is 15.1. The van der Waals surface area contributed by atoms with Crippen molar-refractivity contribution in [2.75, 3.05) is 37.7 Å². The van der Waals surface area contributed by atoms with Crippen LogP contribution in [0.4, 0.5) is 10.6 Å². The van der Waals surface area contributed by atoms with Crippen LogP contribution in [0.2, 0.25) is 0 Å². The van der Waals surface area contributed by atoms with Crippen LogP contribution < -0.4 is 10.6 Å². The Kier molecular flexibility index (Phi) is 4.39. The highest BCUT2D eigenvalue weighted by Gasteiger charge is 2.24. The van der Waals surface area contributed by atoms with Gasteiger partial charge < -0.3 is 20.3 Å². The fourth-order valence-electron chi connectivity index (χ4n) is 2.16. The van der Waals surface area contributed by atoms with Crippen LogP contribution in [0.1, 0.15) is 17.3 Å². The van der Waals surface area contributed by atoms with E-state index in [4.69, 9.17) is 10.5 Å². The van der Waals surface area contributed by atoms with Gasteiger partial charge in [0, 0.05) is 32.4 Å². The van der Waals surface area contributed by atoms with Gasteiger partial charge in [-0.2, -0.15) is 0 Å². The molecular formula is C13H18N4O3. The van der Waals surface area contributed by atoms with Crippen molar-refractivity contribution < 1.29 is 14.3 Å². The minimum absolute atomic E-state index is 0.303. The first kappa shape index (κ1) is 14.1. The molecule has 0 bridgehead atoms. The van der Waals surface area contributed by atoms with Crippen molar-refractivity contribution in [1.82, 2.24) is 9.88 Å². The van der Waals surface area contributed by atoms with E-state index in [1.54, 1.807) is 30.2 Å². The maximum atomic E-state index is 11.6. The first-order valence-corrected chi connectivity index (χ1v) is 6.55. The number of hydrogen-bond donors (Lipinski definition) is 1. The summed E-state index contributed by atoms with van der Waals surface area (Å²) in [6.07, 6.45) is 1.32. The number of hydrogen-bond acceptors (Lipinski definition) is 5. The molecule has 2 heterocycles. The van der Waals surface area contributed by atoms with Crippen molar-refractivity contribution in [3.05, 3.63) is 23.9 Å². The summed E-state index contributed by atoms with van der Waals surface area (Å²) in [5, 5.41) is 0. The molecule has 0 spiro atoms. The van der Waals surface area contributed by atoms with Gasteiger partial charge in [-0.05, 0) is 19.1 Å². The van der Waals surface area contributed by atoms with Gasteiger partial charge in [-0.3, -0.25) is 4.79 Å². The zero-order valence-electron chi connectivity index (χ0n) is 11.4. The Bertz CT molecular complexity index is 498. The lowest BCUT2D eigenvalue weighted by Crippen LogP contribution is -2.49. The zero-order chi connectivity index (χ0) is 14.5. The third-order valence-corrected chi connectivity index (χ3v) is 3.16. The molecule has 1 aliphatic rings. The second-order valence-corrected chi connectivity index (χ2v) is 4.41. The highest BCUT2D eigenvalue weighted by Crippen LogP contribution is 2.18. The summed E-state index contributed by atoms with van der Waals surface area (Å²) in [6, 6.07) is 3.33. The highest BCUT2D eigenvalue weighted by atomic mass is 16.6. The lowest BCUT2D eigenvalue weighted by molar-refractivity contribution is 0.0994. The van der Waals surface area contributed by atoms with Crippen LogP contribution in [0.15, 0.2) is 18.3 Å². The Labute approximate surface area is 117 Å². The molecule has 0 aliphatic carbocycles. The summed E-state index contributed by atoms with van der Waals surface area (Å²) in [7, 11) is 0. The van der Waals surface area contributed by atoms with Crippen molar-refractivity contribution in [2.45, 2.75) is 6.92 Å². The van der Waals surface area contributed by atoms with E-state index in [-0.39, 0.29) is 6.09 Å². The number of ether oxygens (including phenoxy) is 1. The van der Waals surface area contributed by atoms with E-state index < -0.39 is 5.91 Å². The van der Waals surface area contributed by atoms with E-state index in [9.17, 15) is 9.59 Å². The summed E-state index contributed by atoms with van der Waals surface area (Å²) < 4.78 is 4.96. The van der Waals surface area contributed by atoms with Crippen LogP contribution in [0.5, 0.6) is 0 Å². The Morgan fingerprint density at radius 3 is 2.65 bits per heavy atom. The number of nitrogens with two attached hydrogens (primary N) is 1. The molecule has 1 aromatic heterocycles. The quantitative estimate of drug-likeness (QED) is 0.867. The summed E-state index contributed by atoms with van der Waals surface area (Å²) in [5.41, 5.74) is 5.75. The molecule has 0 aromatic carbocycles. The molecule has 20 heavy (non-hydrogen) atoms. The second-order valence-electron chi connectivity index (χ2n) is 4.41. The average Bonchev–Trinajstić information content (AvgIpc) is 2.47. The zero-order valence-corrected chi connectivity index (χ0v) is 11.4. The SMILES string of the molecule is CCOC(=O)N1CCN(c2ncccc2C(N)=O)CC1. The van der Waals surface area contributed by atoms with Crippen molar-refractivity contribution >= 4 is 17.8 Å². The molecular weight excluding hydrogens is 260 g/mol. The number of amides is 2. The smallest absolute Gasteiger partial charge is 0.409 e. The Morgan fingerprint density at radius 2 is 2.05 bits per heavy atom. The number of carbonyl (C=O) groups excluding carboxylic acids is 2. The van der Waals surface area contributed by atoms with Gasteiger partial charge in [0.25, 0.3) is 5.91 Å². The predicted molar refractivity (Wildman–Crippen MR) is 73.6 cm³/mol. The first-order chi connectivity index (χ1) is 9.63. The van der Waals surface area contributed by atoms with Gasteiger partial charge in [0.05, 0.1) is 12.2 Å². The Hall–Kier alpha value is -2.31. The molecule has 1 aliphatic heterocycles. The van der Waals surface area contributed by atoms with Gasteiger partial charge >= 0.3 is 6.09 Å². The molecule has 1 fully saturated rings. The van der Waals surface area contributed by atoms with Gasteiger partial charge in [-0.1, -0.05) is 0 Å². The molecule has 2 rings (SSSR count). The second kappa shape index (κ2) is 6.23. The molecule has 0 atom stereocenters. The maximum Gasteiger partial charge on any atom is 0.409 e. The number of aromatic nitrogens is 1. The maximum absolute atomic E-state index is 11.6. The number of nitrogens with zero attached hydrogens (tertiary/aromatic N) is 3. The lowest BCUT2D eigenvalue weighted by Gasteiger charge is -2.35. The van der Waals surface area contributed by atoms with Crippen LogP contribution in [0.3, 0.4) is 0 Å². The number of anilines is 1. The van der Waals surface area contributed by atoms with Crippen molar-refractivity contribution in [2.24, 2.45) is 5.73 Å². The summed E-state index contributed by atoms with van der Waals surface area (Å²) >= 11 is 0. The number of pyridine rings is 1. The molecule has 1 saturated heterocycles. The van der Waals surface area contributed by atoms with Gasteiger partial charge in [0.1, 0.15) is 5.82 Å². The molecule has 2 N–H and O–H groups in total. The molecule has 7 heteroatoms. The topological polar surface area (TPSA) is 88.8 Å². The molecule has 108 valence electrons. The van der Waals surface area contributed by atoms with Crippen molar-refractivity contribution in [3.8, 4) is 0 Å². The van der Waals surface area contributed by atoms with Gasteiger partial charge in [0.2, 0.25) is 0 Å². The van der Waals surface area contributed by atoms with Crippen molar-refractivity contribution in [3.63, 3.8) is 0 Å². The molecule has 0 unspecified atom stereocenters. The molecule has 7 nitrogen and oxygen atoms in total. The molecule has 1 aromatic rings. The Balaban J connectivity index is 2.04. The van der Waals surface area contributed by atoms with Crippen molar-refractivity contribution in [1.29, 1.82) is 0 Å². The average molecular weight is 278 g/mol. The number of piperazine rings is 1. The summed E-state index contributed by atoms with van der Waals surface area (Å²) in [6.45, 7) is 4.40. The fraction of sp³-hybridized carbons (Fsp3) is 0.462. The van der Waals surface area contributed by atoms with E-state index in [0.717, 1.165) is 0 Å².